The van der Waals surface area contributed by atoms with Crippen LogP contribution in [0.2, 0.25) is 0 Å². The van der Waals surface area contributed by atoms with Gasteiger partial charge in [-0.15, -0.1) is 0 Å². The molecule has 0 aliphatic heterocycles. The number of aromatic nitrogens is 2. The molecular formula is C18H18N6O3. The number of nitrogens with zero attached hydrogens (tertiary/aromatic N) is 3. The van der Waals surface area contributed by atoms with Crippen molar-refractivity contribution in [2.45, 2.75) is 6.92 Å². The van der Waals surface area contributed by atoms with E-state index < -0.39 is 4.92 Å². The summed E-state index contributed by atoms with van der Waals surface area (Å²) in [4.78, 5) is 19.3. The van der Waals surface area contributed by atoms with Crippen LogP contribution in [0.5, 0.6) is 5.75 Å². The maximum atomic E-state index is 11.5. The van der Waals surface area contributed by atoms with Crippen molar-refractivity contribution in [3.05, 3.63) is 70.4 Å². The zero-order valence-electron chi connectivity index (χ0n) is 14.8. The van der Waals surface area contributed by atoms with Crippen molar-refractivity contribution in [3.63, 3.8) is 0 Å². The first kappa shape index (κ1) is 17.9. The van der Waals surface area contributed by atoms with E-state index in [0.717, 1.165) is 5.69 Å². The van der Waals surface area contributed by atoms with Crippen LogP contribution in [0.15, 0.2) is 54.6 Å². The number of rotatable bonds is 7. The molecule has 0 atom stereocenters. The van der Waals surface area contributed by atoms with Gasteiger partial charge in [0, 0.05) is 5.69 Å². The van der Waals surface area contributed by atoms with E-state index in [1.165, 1.54) is 0 Å². The molecule has 9 heteroatoms. The van der Waals surface area contributed by atoms with Gasteiger partial charge in [0.25, 0.3) is 0 Å². The molecule has 138 valence electrons. The summed E-state index contributed by atoms with van der Waals surface area (Å²) in [6.45, 7) is 1.56. The van der Waals surface area contributed by atoms with Crippen LogP contribution < -0.4 is 20.9 Å². The highest BCUT2D eigenvalue weighted by molar-refractivity contribution is 5.68. The van der Waals surface area contributed by atoms with Crippen molar-refractivity contribution >= 4 is 28.8 Å². The Labute approximate surface area is 155 Å². The van der Waals surface area contributed by atoms with Gasteiger partial charge in [-0.1, -0.05) is 18.2 Å². The zero-order valence-corrected chi connectivity index (χ0v) is 14.8. The van der Waals surface area contributed by atoms with E-state index in [2.05, 4.69) is 26.1 Å². The number of nitro groups is 1. The van der Waals surface area contributed by atoms with Gasteiger partial charge in [0.1, 0.15) is 11.4 Å². The summed E-state index contributed by atoms with van der Waals surface area (Å²) in [5.74, 6) is 0.983. The van der Waals surface area contributed by atoms with E-state index in [0.29, 0.717) is 11.4 Å². The Balaban J connectivity index is 1.87. The Morgan fingerprint density at radius 2 is 1.67 bits per heavy atom. The maximum absolute atomic E-state index is 11.5. The average Bonchev–Trinajstić information content (AvgIpc) is 2.67. The Hall–Kier alpha value is -3.88. The van der Waals surface area contributed by atoms with Crippen LogP contribution in [0.4, 0.5) is 28.8 Å². The monoisotopic (exact) mass is 366 g/mol. The molecule has 0 aliphatic rings. The van der Waals surface area contributed by atoms with E-state index in [1.807, 2.05) is 30.3 Å². The quantitative estimate of drug-likeness (QED) is 0.426. The number of nitrogens with one attached hydrogen (secondary N) is 3. The van der Waals surface area contributed by atoms with Crippen LogP contribution in [0.1, 0.15) is 5.69 Å². The van der Waals surface area contributed by atoms with Crippen molar-refractivity contribution in [1.82, 2.24) is 9.97 Å². The molecule has 0 aliphatic carbocycles. The van der Waals surface area contributed by atoms with Crippen LogP contribution >= 0.6 is 0 Å². The Kier molecular flexibility index (Phi) is 5.31. The predicted molar refractivity (Wildman–Crippen MR) is 103 cm³/mol. The minimum Gasteiger partial charge on any atom is -0.497 e. The molecule has 27 heavy (non-hydrogen) atoms. The molecule has 0 spiro atoms. The van der Waals surface area contributed by atoms with Gasteiger partial charge in [-0.2, -0.15) is 4.98 Å². The number of hydrazine groups is 1. The summed E-state index contributed by atoms with van der Waals surface area (Å²) < 4.78 is 5.11. The average molecular weight is 366 g/mol. The number of ether oxygens (including phenoxy) is 1. The maximum Gasteiger partial charge on any atom is 0.332 e. The van der Waals surface area contributed by atoms with E-state index in [9.17, 15) is 10.1 Å². The van der Waals surface area contributed by atoms with Crippen LogP contribution in [-0.2, 0) is 0 Å². The largest absolute Gasteiger partial charge is 0.497 e. The molecule has 2 aromatic carbocycles. The Bertz CT molecular complexity index is 932. The zero-order chi connectivity index (χ0) is 19.2. The van der Waals surface area contributed by atoms with E-state index in [4.69, 9.17) is 4.74 Å². The number of methoxy groups -OCH3 is 1. The van der Waals surface area contributed by atoms with Crippen molar-refractivity contribution in [2.75, 3.05) is 23.3 Å². The van der Waals surface area contributed by atoms with E-state index >= 15 is 0 Å². The highest BCUT2D eigenvalue weighted by Crippen LogP contribution is 2.29. The van der Waals surface area contributed by atoms with Crippen LogP contribution in [-0.4, -0.2) is 22.0 Å². The molecular weight excluding hydrogens is 348 g/mol. The second-order valence-electron chi connectivity index (χ2n) is 5.56. The molecule has 1 heterocycles. The Morgan fingerprint density at radius 1 is 0.963 bits per heavy atom. The fourth-order valence-corrected chi connectivity index (χ4v) is 2.39. The van der Waals surface area contributed by atoms with E-state index in [1.54, 1.807) is 38.3 Å². The number of aryl methyl sites for hydroxylation is 1. The van der Waals surface area contributed by atoms with Gasteiger partial charge in [-0.05, 0) is 43.3 Å². The third kappa shape index (κ3) is 4.40. The summed E-state index contributed by atoms with van der Waals surface area (Å²) in [6, 6.07) is 16.4. The van der Waals surface area contributed by atoms with Gasteiger partial charge in [-0.3, -0.25) is 21.0 Å². The topological polar surface area (TPSA) is 114 Å². The lowest BCUT2D eigenvalue weighted by Gasteiger charge is -2.12. The molecule has 1 aromatic heterocycles. The number of anilines is 4. The molecule has 0 radical (unpaired) electrons. The molecule has 3 aromatic rings. The summed E-state index contributed by atoms with van der Waals surface area (Å²) in [5.41, 5.74) is 7.31. The number of benzene rings is 2. The van der Waals surface area contributed by atoms with E-state index in [-0.39, 0.29) is 23.1 Å². The fourth-order valence-electron chi connectivity index (χ4n) is 2.39. The van der Waals surface area contributed by atoms with Crippen molar-refractivity contribution in [1.29, 1.82) is 0 Å². The minimum atomic E-state index is -0.504. The molecule has 0 saturated heterocycles. The third-order valence-electron chi connectivity index (χ3n) is 3.69. The SMILES string of the molecule is COc1ccc(Nc2nc(NNc3ccccc3)nc(C)c2[N+](=O)[O-])cc1. The predicted octanol–water partition coefficient (Wildman–Crippen LogP) is 3.88. The third-order valence-corrected chi connectivity index (χ3v) is 3.69. The minimum absolute atomic E-state index is 0.0926. The van der Waals surface area contributed by atoms with Crippen molar-refractivity contribution < 1.29 is 9.66 Å². The van der Waals surface area contributed by atoms with Gasteiger partial charge in [-0.25, -0.2) is 4.98 Å². The summed E-state index contributed by atoms with van der Waals surface area (Å²) in [6.07, 6.45) is 0. The van der Waals surface area contributed by atoms with Crippen LogP contribution in [0.25, 0.3) is 0 Å². The first-order valence-corrected chi connectivity index (χ1v) is 8.08. The van der Waals surface area contributed by atoms with Crippen molar-refractivity contribution in [2.24, 2.45) is 0 Å². The number of para-hydroxylation sites is 1. The molecule has 0 unspecified atom stereocenters. The number of hydrogen-bond donors (Lipinski definition) is 3. The standard InChI is InChI=1S/C18H18N6O3/c1-12-16(24(25)26)17(20-13-8-10-15(27-2)11-9-13)21-18(19-12)23-22-14-6-4-3-5-7-14/h3-11,22H,1-2H3,(H2,19,20,21,23). The Morgan fingerprint density at radius 3 is 2.30 bits per heavy atom. The van der Waals surface area contributed by atoms with Gasteiger partial charge in [0.15, 0.2) is 0 Å². The lowest BCUT2D eigenvalue weighted by molar-refractivity contribution is -0.385. The highest BCUT2D eigenvalue weighted by Gasteiger charge is 2.22. The van der Waals surface area contributed by atoms with Gasteiger partial charge in [0.2, 0.25) is 11.8 Å². The number of hydrogen-bond acceptors (Lipinski definition) is 8. The molecule has 0 bridgehead atoms. The fraction of sp³-hybridized carbons (Fsp3) is 0.111. The molecule has 3 N–H and O–H groups in total. The molecule has 9 nitrogen and oxygen atoms in total. The lowest BCUT2D eigenvalue weighted by atomic mass is 10.3. The smallest absolute Gasteiger partial charge is 0.332 e. The normalized spacial score (nSPS) is 10.1. The summed E-state index contributed by atoms with van der Waals surface area (Å²) >= 11 is 0. The van der Waals surface area contributed by atoms with Gasteiger partial charge < -0.3 is 10.1 Å². The van der Waals surface area contributed by atoms with Gasteiger partial charge in [0.05, 0.1) is 17.7 Å². The molecule has 0 saturated carbocycles. The lowest BCUT2D eigenvalue weighted by Crippen LogP contribution is -2.14. The first-order chi connectivity index (χ1) is 13.1. The highest BCUT2D eigenvalue weighted by atomic mass is 16.6. The summed E-state index contributed by atoms with van der Waals surface area (Å²) in [7, 11) is 1.57. The second-order valence-corrected chi connectivity index (χ2v) is 5.56. The van der Waals surface area contributed by atoms with Crippen LogP contribution in [0, 0.1) is 17.0 Å². The molecule has 0 fully saturated rings. The first-order valence-electron chi connectivity index (χ1n) is 8.08. The van der Waals surface area contributed by atoms with Crippen LogP contribution in [0.3, 0.4) is 0 Å². The molecule has 3 rings (SSSR count). The second kappa shape index (κ2) is 8.00. The van der Waals surface area contributed by atoms with Gasteiger partial charge >= 0.3 is 5.69 Å². The summed E-state index contributed by atoms with van der Waals surface area (Å²) in [5, 5.41) is 14.4. The van der Waals surface area contributed by atoms with Crippen molar-refractivity contribution in [3.8, 4) is 5.75 Å². The molecule has 0 amide bonds.